The van der Waals surface area contributed by atoms with Gasteiger partial charge in [-0.3, -0.25) is 0 Å². The largest absolute Gasteiger partial charge is 0.457 e. The number of benzene rings is 3. The summed E-state index contributed by atoms with van der Waals surface area (Å²) in [5.74, 6) is 1.33. The van der Waals surface area contributed by atoms with Gasteiger partial charge in [0.25, 0.3) is 0 Å². The van der Waals surface area contributed by atoms with Gasteiger partial charge in [0, 0.05) is 30.4 Å². The predicted octanol–water partition coefficient (Wildman–Crippen LogP) is 4.93. The lowest BCUT2D eigenvalue weighted by Crippen LogP contribution is -2.48. The maximum atomic E-state index is 13.2. The van der Waals surface area contributed by atoms with Crippen molar-refractivity contribution in [3.05, 3.63) is 83.9 Å². The van der Waals surface area contributed by atoms with Crippen LogP contribution < -0.4 is 9.64 Å². The molecule has 7 heteroatoms. The van der Waals surface area contributed by atoms with Crippen molar-refractivity contribution >= 4 is 15.7 Å². The number of ether oxygens (including phenoxy) is 2. The van der Waals surface area contributed by atoms with Gasteiger partial charge in [-0.2, -0.15) is 4.31 Å². The Bertz CT molecular complexity index is 1200. The molecule has 0 amide bonds. The average Bonchev–Trinajstić information content (AvgIpc) is 2.85. The Balaban J connectivity index is 1.26. The summed E-state index contributed by atoms with van der Waals surface area (Å²) in [5, 5.41) is 0. The molecule has 0 aliphatic carbocycles. The molecule has 1 fully saturated rings. The summed E-state index contributed by atoms with van der Waals surface area (Å²) in [6, 6.07) is 22.7. The first kappa shape index (κ1) is 21.9. The van der Waals surface area contributed by atoms with Crippen LogP contribution in [0, 0.1) is 6.92 Å². The van der Waals surface area contributed by atoms with Gasteiger partial charge in [-0.25, -0.2) is 8.42 Å². The van der Waals surface area contributed by atoms with Crippen LogP contribution in [-0.2, 0) is 21.4 Å². The Morgan fingerprint density at radius 2 is 1.58 bits per heavy atom. The molecule has 172 valence electrons. The van der Waals surface area contributed by atoms with Crippen molar-refractivity contribution in [1.29, 1.82) is 0 Å². The summed E-state index contributed by atoms with van der Waals surface area (Å²) in [5.41, 5.74) is 3.69. The molecule has 0 spiro atoms. The van der Waals surface area contributed by atoms with Crippen LogP contribution in [0.4, 0.5) is 5.69 Å². The van der Waals surface area contributed by atoms with Gasteiger partial charge < -0.3 is 14.4 Å². The van der Waals surface area contributed by atoms with E-state index in [0.29, 0.717) is 42.8 Å². The molecule has 0 N–H and O–H groups in total. The maximum absolute atomic E-state index is 13.2. The van der Waals surface area contributed by atoms with E-state index in [9.17, 15) is 8.42 Å². The van der Waals surface area contributed by atoms with E-state index in [-0.39, 0.29) is 6.04 Å². The number of aryl methyl sites for hydroxylation is 1. The standard InChI is InChI=1S/C26H28N2O4S/c1-20-6-5-7-21-18-31-19-28(26(20)21)22-14-16-27(17-15-22)33(29,30)25-12-10-24(11-13-25)32-23-8-3-2-4-9-23/h2-13,22H,14-19H2,1H3. The number of sulfonamides is 1. The van der Waals surface area contributed by atoms with Crippen LogP contribution in [0.5, 0.6) is 11.5 Å². The van der Waals surface area contributed by atoms with Crippen molar-refractivity contribution in [2.24, 2.45) is 0 Å². The average molecular weight is 465 g/mol. The Kier molecular flexibility index (Phi) is 6.10. The number of rotatable bonds is 5. The summed E-state index contributed by atoms with van der Waals surface area (Å²) < 4.78 is 39.7. The molecule has 33 heavy (non-hydrogen) atoms. The quantitative estimate of drug-likeness (QED) is 0.536. The molecule has 0 atom stereocenters. The van der Waals surface area contributed by atoms with Crippen molar-refractivity contribution in [2.45, 2.75) is 37.3 Å². The molecular weight excluding hydrogens is 436 g/mol. The Morgan fingerprint density at radius 3 is 2.30 bits per heavy atom. The van der Waals surface area contributed by atoms with Crippen LogP contribution in [0.3, 0.4) is 0 Å². The minimum Gasteiger partial charge on any atom is -0.457 e. The van der Waals surface area contributed by atoms with Crippen molar-refractivity contribution in [3.63, 3.8) is 0 Å². The second kappa shape index (κ2) is 9.17. The molecule has 2 aliphatic heterocycles. The molecule has 0 saturated carbocycles. The van der Waals surface area contributed by atoms with Gasteiger partial charge in [-0.15, -0.1) is 0 Å². The van der Waals surface area contributed by atoms with E-state index >= 15 is 0 Å². The first-order valence-corrected chi connectivity index (χ1v) is 12.7. The second-order valence-corrected chi connectivity index (χ2v) is 10.5. The highest BCUT2D eigenvalue weighted by Gasteiger charge is 2.33. The minimum absolute atomic E-state index is 0.262. The fraction of sp³-hybridized carbons (Fsp3) is 0.308. The van der Waals surface area contributed by atoms with Gasteiger partial charge in [-0.1, -0.05) is 36.4 Å². The highest BCUT2D eigenvalue weighted by atomic mass is 32.2. The van der Waals surface area contributed by atoms with Gasteiger partial charge >= 0.3 is 0 Å². The summed E-state index contributed by atoms with van der Waals surface area (Å²) in [6.45, 7) is 4.30. The molecule has 0 radical (unpaired) electrons. The zero-order valence-electron chi connectivity index (χ0n) is 18.7. The molecule has 1 saturated heterocycles. The minimum atomic E-state index is -3.55. The van der Waals surface area contributed by atoms with Crippen LogP contribution in [0.2, 0.25) is 0 Å². The lowest BCUT2D eigenvalue weighted by molar-refractivity contribution is 0.0986. The predicted molar refractivity (Wildman–Crippen MR) is 128 cm³/mol. The summed E-state index contributed by atoms with van der Waals surface area (Å²) >= 11 is 0. The van der Waals surface area contributed by atoms with Crippen molar-refractivity contribution in [3.8, 4) is 11.5 Å². The van der Waals surface area contributed by atoms with Crippen molar-refractivity contribution < 1.29 is 17.9 Å². The van der Waals surface area contributed by atoms with Crippen LogP contribution in [0.1, 0.15) is 24.0 Å². The topological polar surface area (TPSA) is 59.1 Å². The van der Waals surface area contributed by atoms with Gasteiger partial charge in [0.2, 0.25) is 10.0 Å². The number of piperidine rings is 1. The fourth-order valence-corrected chi connectivity index (χ4v) is 6.17. The Morgan fingerprint density at radius 1 is 0.879 bits per heavy atom. The van der Waals surface area contributed by atoms with E-state index in [0.717, 1.165) is 12.8 Å². The molecule has 2 aliphatic rings. The number of fused-ring (bicyclic) bond motifs is 1. The molecular formula is C26H28N2O4S. The first-order chi connectivity index (χ1) is 16.0. The number of para-hydroxylation sites is 2. The molecule has 5 rings (SSSR count). The van der Waals surface area contributed by atoms with Crippen molar-refractivity contribution in [1.82, 2.24) is 4.31 Å². The fourth-order valence-electron chi connectivity index (χ4n) is 4.70. The lowest BCUT2D eigenvalue weighted by Gasteiger charge is -2.42. The normalized spacial score (nSPS) is 17.5. The molecule has 0 unspecified atom stereocenters. The maximum Gasteiger partial charge on any atom is 0.243 e. The van der Waals surface area contributed by atoms with Crippen LogP contribution in [0.15, 0.2) is 77.7 Å². The second-order valence-electron chi connectivity index (χ2n) is 8.55. The van der Waals surface area contributed by atoms with Crippen LogP contribution in [0.25, 0.3) is 0 Å². The number of anilines is 1. The van der Waals surface area contributed by atoms with Gasteiger partial charge in [0.05, 0.1) is 11.5 Å². The van der Waals surface area contributed by atoms with E-state index < -0.39 is 10.0 Å². The van der Waals surface area contributed by atoms with Gasteiger partial charge in [-0.05, 0) is 61.7 Å². The number of nitrogens with zero attached hydrogens (tertiary/aromatic N) is 2. The van der Waals surface area contributed by atoms with Crippen LogP contribution >= 0.6 is 0 Å². The monoisotopic (exact) mass is 464 g/mol. The Labute approximate surface area is 195 Å². The lowest BCUT2D eigenvalue weighted by atomic mass is 10.00. The van der Waals surface area contributed by atoms with E-state index in [1.165, 1.54) is 16.8 Å². The third-order valence-electron chi connectivity index (χ3n) is 6.40. The van der Waals surface area contributed by atoms with Gasteiger partial charge in [0.15, 0.2) is 0 Å². The molecule has 6 nitrogen and oxygen atoms in total. The SMILES string of the molecule is Cc1cccc2c1N(C1CCN(S(=O)(=O)c3ccc(Oc4ccccc4)cc3)CC1)COC2. The third kappa shape index (κ3) is 4.49. The van der Waals surface area contributed by atoms with E-state index in [4.69, 9.17) is 9.47 Å². The zero-order valence-corrected chi connectivity index (χ0v) is 19.5. The molecule has 2 heterocycles. The zero-order chi connectivity index (χ0) is 22.8. The van der Waals surface area contributed by atoms with Crippen LogP contribution in [-0.4, -0.2) is 38.6 Å². The summed E-state index contributed by atoms with van der Waals surface area (Å²) in [7, 11) is -3.55. The first-order valence-electron chi connectivity index (χ1n) is 11.3. The summed E-state index contributed by atoms with van der Waals surface area (Å²) in [6.07, 6.45) is 1.54. The molecule has 0 bridgehead atoms. The molecule has 3 aromatic carbocycles. The highest BCUT2D eigenvalue weighted by molar-refractivity contribution is 7.89. The van der Waals surface area contributed by atoms with E-state index in [1.807, 2.05) is 30.3 Å². The molecule has 3 aromatic rings. The Hall–Kier alpha value is -2.87. The summed E-state index contributed by atoms with van der Waals surface area (Å²) in [4.78, 5) is 2.61. The van der Waals surface area contributed by atoms with E-state index in [2.05, 4.69) is 30.0 Å². The van der Waals surface area contributed by atoms with Crippen molar-refractivity contribution in [2.75, 3.05) is 24.7 Å². The van der Waals surface area contributed by atoms with E-state index in [1.54, 1.807) is 28.6 Å². The number of hydrogen-bond acceptors (Lipinski definition) is 5. The van der Waals surface area contributed by atoms with Gasteiger partial charge in [0.1, 0.15) is 18.2 Å². The smallest absolute Gasteiger partial charge is 0.243 e. The highest BCUT2D eigenvalue weighted by Crippen LogP contribution is 2.34. The number of hydrogen-bond donors (Lipinski definition) is 0. The molecule has 0 aromatic heterocycles. The third-order valence-corrected chi connectivity index (χ3v) is 8.31.